The summed E-state index contributed by atoms with van der Waals surface area (Å²) in [7, 11) is 1.61. The lowest BCUT2D eigenvalue weighted by Crippen LogP contribution is -2.40. The van der Waals surface area contributed by atoms with E-state index in [9.17, 15) is 9.59 Å². The van der Waals surface area contributed by atoms with Gasteiger partial charge in [-0.3, -0.25) is 9.59 Å². The van der Waals surface area contributed by atoms with Crippen molar-refractivity contribution in [3.05, 3.63) is 0 Å². The Labute approximate surface area is 119 Å². The van der Waals surface area contributed by atoms with Gasteiger partial charge in [0.1, 0.15) is 0 Å². The van der Waals surface area contributed by atoms with E-state index in [4.69, 9.17) is 9.47 Å². The minimum Gasteiger partial charge on any atom is -0.383 e. The maximum Gasteiger partial charge on any atom is 0.225 e. The molecule has 20 heavy (non-hydrogen) atoms. The van der Waals surface area contributed by atoms with Crippen LogP contribution in [0.1, 0.15) is 26.2 Å². The summed E-state index contributed by atoms with van der Waals surface area (Å²) in [6, 6.07) is 0.0171. The highest BCUT2D eigenvalue weighted by Gasteiger charge is 2.36. The van der Waals surface area contributed by atoms with Gasteiger partial charge in [-0.05, 0) is 19.8 Å². The number of nitrogens with one attached hydrogen (secondary N) is 1. The molecular formula is C14H24N2O4. The van der Waals surface area contributed by atoms with Crippen molar-refractivity contribution >= 4 is 11.8 Å². The molecule has 1 N–H and O–H groups in total. The third-order valence-electron chi connectivity index (χ3n) is 4.00. The van der Waals surface area contributed by atoms with Gasteiger partial charge in [0.25, 0.3) is 0 Å². The molecule has 0 aromatic carbocycles. The molecule has 6 nitrogen and oxygen atoms in total. The van der Waals surface area contributed by atoms with Crippen LogP contribution < -0.4 is 5.32 Å². The smallest absolute Gasteiger partial charge is 0.225 e. The van der Waals surface area contributed by atoms with Gasteiger partial charge in [-0.15, -0.1) is 0 Å². The zero-order valence-corrected chi connectivity index (χ0v) is 12.3. The van der Waals surface area contributed by atoms with E-state index in [1.165, 1.54) is 0 Å². The van der Waals surface area contributed by atoms with Gasteiger partial charge < -0.3 is 19.7 Å². The second kappa shape index (κ2) is 7.04. The highest BCUT2D eigenvalue weighted by molar-refractivity contribution is 5.89. The van der Waals surface area contributed by atoms with Crippen LogP contribution in [0.5, 0.6) is 0 Å². The molecular weight excluding hydrogens is 260 g/mol. The number of likely N-dealkylation sites (tertiary alicyclic amines) is 1. The number of ether oxygens (including phenoxy) is 2. The Morgan fingerprint density at radius 3 is 3.05 bits per heavy atom. The normalized spacial score (nSPS) is 27.9. The van der Waals surface area contributed by atoms with E-state index in [0.717, 1.165) is 19.4 Å². The van der Waals surface area contributed by atoms with Gasteiger partial charge in [-0.25, -0.2) is 0 Å². The topological polar surface area (TPSA) is 67.9 Å². The predicted octanol–water partition coefficient (Wildman–Crippen LogP) is 0.165. The van der Waals surface area contributed by atoms with Crippen molar-refractivity contribution in [3.63, 3.8) is 0 Å². The van der Waals surface area contributed by atoms with Crippen LogP contribution in [-0.4, -0.2) is 62.3 Å². The quantitative estimate of drug-likeness (QED) is 0.755. The number of amides is 2. The first-order chi connectivity index (χ1) is 9.61. The van der Waals surface area contributed by atoms with E-state index in [0.29, 0.717) is 26.1 Å². The molecule has 2 aliphatic heterocycles. The Kier molecular flexibility index (Phi) is 5.37. The number of rotatable bonds is 6. The Bertz CT molecular complexity index is 355. The number of nitrogens with zero attached hydrogens (tertiary/aromatic N) is 1. The predicted molar refractivity (Wildman–Crippen MR) is 73.1 cm³/mol. The van der Waals surface area contributed by atoms with E-state index in [-0.39, 0.29) is 29.9 Å². The minimum atomic E-state index is -0.247. The van der Waals surface area contributed by atoms with Crippen molar-refractivity contribution in [2.75, 3.05) is 33.4 Å². The second-order valence-corrected chi connectivity index (χ2v) is 5.63. The molecule has 2 amide bonds. The lowest BCUT2D eigenvalue weighted by atomic mass is 10.1. The molecule has 0 spiro atoms. The Hall–Kier alpha value is -1.14. The summed E-state index contributed by atoms with van der Waals surface area (Å²) in [4.78, 5) is 25.8. The first-order valence-electron chi connectivity index (χ1n) is 7.29. The van der Waals surface area contributed by atoms with Crippen molar-refractivity contribution in [1.82, 2.24) is 10.2 Å². The van der Waals surface area contributed by atoms with Crippen LogP contribution in [0.2, 0.25) is 0 Å². The zero-order valence-electron chi connectivity index (χ0n) is 12.3. The van der Waals surface area contributed by atoms with Gasteiger partial charge >= 0.3 is 0 Å². The van der Waals surface area contributed by atoms with Gasteiger partial charge in [0.05, 0.1) is 24.7 Å². The first kappa shape index (κ1) is 15.3. The van der Waals surface area contributed by atoms with Crippen LogP contribution >= 0.6 is 0 Å². The highest BCUT2D eigenvalue weighted by atomic mass is 16.5. The van der Waals surface area contributed by atoms with Crippen LogP contribution in [0.3, 0.4) is 0 Å². The number of carbonyl (C=O) groups excluding carboxylic acids is 2. The van der Waals surface area contributed by atoms with Crippen LogP contribution in [0.25, 0.3) is 0 Å². The number of hydrogen-bond acceptors (Lipinski definition) is 4. The van der Waals surface area contributed by atoms with Gasteiger partial charge in [0, 0.05) is 33.2 Å². The largest absolute Gasteiger partial charge is 0.383 e. The average Bonchev–Trinajstić information content (AvgIpc) is 3.05. The summed E-state index contributed by atoms with van der Waals surface area (Å²) in [5, 5.41) is 2.90. The number of methoxy groups -OCH3 is 1. The van der Waals surface area contributed by atoms with E-state index >= 15 is 0 Å². The van der Waals surface area contributed by atoms with Crippen LogP contribution in [0.15, 0.2) is 0 Å². The molecule has 2 aliphatic rings. The third kappa shape index (κ3) is 3.70. The molecule has 2 saturated heterocycles. The van der Waals surface area contributed by atoms with Crippen molar-refractivity contribution in [2.45, 2.75) is 38.3 Å². The fourth-order valence-corrected chi connectivity index (χ4v) is 2.83. The van der Waals surface area contributed by atoms with Crippen LogP contribution in [0, 0.1) is 5.92 Å². The lowest BCUT2D eigenvalue weighted by Gasteiger charge is -2.24. The Morgan fingerprint density at radius 1 is 1.60 bits per heavy atom. The second-order valence-electron chi connectivity index (χ2n) is 5.63. The van der Waals surface area contributed by atoms with Gasteiger partial charge in [0.2, 0.25) is 11.8 Å². The molecule has 0 radical (unpaired) electrons. The van der Waals surface area contributed by atoms with E-state index in [1.54, 1.807) is 12.0 Å². The minimum absolute atomic E-state index is 0.0171. The Balaban J connectivity index is 1.78. The molecule has 6 heteroatoms. The summed E-state index contributed by atoms with van der Waals surface area (Å²) < 4.78 is 10.5. The monoisotopic (exact) mass is 284 g/mol. The molecule has 2 fully saturated rings. The zero-order chi connectivity index (χ0) is 14.5. The van der Waals surface area contributed by atoms with E-state index in [2.05, 4.69) is 5.32 Å². The molecule has 2 rings (SSSR count). The van der Waals surface area contributed by atoms with E-state index < -0.39 is 0 Å². The molecule has 0 aromatic rings. The molecule has 3 atom stereocenters. The van der Waals surface area contributed by atoms with Gasteiger partial charge in [-0.2, -0.15) is 0 Å². The third-order valence-corrected chi connectivity index (χ3v) is 4.00. The molecule has 0 saturated carbocycles. The fourth-order valence-electron chi connectivity index (χ4n) is 2.83. The van der Waals surface area contributed by atoms with Crippen molar-refractivity contribution < 1.29 is 19.1 Å². The maximum absolute atomic E-state index is 12.1. The fraction of sp³-hybridized carbons (Fsp3) is 0.857. The summed E-state index contributed by atoms with van der Waals surface area (Å²) in [6.45, 7) is 4.26. The molecule has 114 valence electrons. The van der Waals surface area contributed by atoms with Gasteiger partial charge in [0.15, 0.2) is 0 Å². The Morgan fingerprint density at radius 2 is 2.40 bits per heavy atom. The summed E-state index contributed by atoms with van der Waals surface area (Å²) in [5.74, 6) is -0.254. The average molecular weight is 284 g/mol. The van der Waals surface area contributed by atoms with Crippen LogP contribution in [-0.2, 0) is 19.1 Å². The number of hydrogen-bond donors (Lipinski definition) is 1. The molecule has 0 unspecified atom stereocenters. The lowest BCUT2D eigenvalue weighted by molar-refractivity contribution is -0.130. The molecule has 2 heterocycles. The molecule has 0 bridgehead atoms. The first-order valence-corrected chi connectivity index (χ1v) is 7.29. The number of carbonyl (C=O) groups is 2. The van der Waals surface area contributed by atoms with Gasteiger partial charge in [-0.1, -0.05) is 0 Å². The maximum atomic E-state index is 12.1. The standard InChI is InChI=1S/C14H24N2O4/c1-10(9-19-2)16-8-11(6-13(16)17)14(18)15-7-12-4-3-5-20-12/h10-12H,3-9H2,1-2H3,(H,15,18)/t10-,11-,12+/m1/s1. The summed E-state index contributed by atoms with van der Waals surface area (Å²) in [5.41, 5.74) is 0. The molecule has 0 aromatic heterocycles. The van der Waals surface area contributed by atoms with E-state index in [1.807, 2.05) is 6.92 Å². The van der Waals surface area contributed by atoms with Crippen molar-refractivity contribution in [1.29, 1.82) is 0 Å². The van der Waals surface area contributed by atoms with Crippen LogP contribution in [0.4, 0.5) is 0 Å². The highest BCUT2D eigenvalue weighted by Crippen LogP contribution is 2.20. The van der Waals surface area contributed by atoms with Crippen molar-refractivity contribution in [2.24, 2.45) is 5.92 Å². The van der Waals surface area contributed by atoms with Crippen molar-refractivity contribution in [3.8, 4) is 0 Å². The summed E-state index contributed by atoms with van der Waals surface area (Å²) in [6.07, 6.45) is 2.50. The summed E-state index contributed by atoms with van der Waals surface area (Å²) >= 11 is 0. The molecule has 0 aliphatic carbocycles. The SMILES string of the molecule is COC[C@@H](C)N1C[C@H](C(=O)NC[C@@H]2CCCO2)CC1=O.